The molecule has 3 rings (SSSR count). The third-order valence-electron chi connectivity index (χ3n) is 4.90. The summed E-state index contributed by atoms with van der Waals surface area (Å²) in [6.07, 6.45) is 0.893. The van der Waals surface area contributed by atoms with Crippen LogP contribution in [0.5, 0.6) is 28.7 Å². The number of hydrogen-bond acceptors (Lipinski definition) is 5. The second-order valence-electron chi connectivity index (χ2n) is 7.49. The highest BCUT2D eigenvalue weighted by atomic mass is 16.5. The number of ether oxygens (including phenoxy) is 3. The molecule has 30 heavy (non-hydrogen) atoms. The number of aromatic hydroxyl groups is 2. The molecular formula is C25H28O5. The first-order valence-electron chi connectivity index (χ1n) is 9.95. The van der Waals surface area contributed by atoms with Crippen LogP contribution in [0.3, 0.4) is 0 Å². The van der Waals surface area contributed by atoms with E-state index in [1.165, 1.54) is 0 Å². The van der Waals surface area contributed by atoms with Gasteiger partial charge in [-0.25, -0.2) is 0 Å². The van der Waals surface area contributed by atoms with Crippen molar-refractivity contribution in [1.29, 1.82) is 0 Å². The molecule has 0 bridgehead atoms. The fraction of sp³-hybridized carbons (Fsp3) is 0.280. The van der Waals surface area contributed by atoms with Crippen LogP contribution in [-0.2, 0) is 0 Å². The Bertz CT molecular complexity index is 976. The molecule has 0 fully saturated rings. The normalized spacial score (nSPS) is 10.8. The van der Waals surface area contributed by atoms with Gasteiger partial charge in [-0.2, -0.15) is 0 Å². The van der Waals surface area contributed by atoms with Crippen LogP contribution in [0.15, 0.2) is 54.6 Å². The molecule has 0 saturated carbocycles. The van der Waals surface area contributed by atoms with E-state index in [0.29, 0.717) is 29.8 Å². The highest BCUT2D eigenvalue weighted by Crippen LogP contribution is 2.50. The summed E-state index contributed by atoms with van der Waals surface area (Å²) in [5.74, 6) is 2.69. The van der Waals surface area contributed by atoms with Crippen LogP contribution in [0, 0.1) is 5.92 Å². The molecule has 5 heteroatoms. The minimum atomic E-state index is 0.188. The Morgan fingerprint density at radius 3 is 1.83 bits per heavy atom. The van der Waals surface area contributed by atoms with Crippen molar-refractivity contribution in [3.8, 4) is 51.0 Å². The third kappa shape index (κ3) is 4.62. The number of hydrogen-bond donors (Lipinski definition) is 2. The summed E-state index contributed by atoms with van der Waals surface area (Å²) in [6.45, 7) is 4.82. The van der Waals surface area contributed by atoms with Crippen LogP contribution in [0.2, 0.25) is 0 Å². The molecule has 0 amide bonds. The number of methoxy groups -OCH3 is 2. The number of phenols is 2. The van der Waals surface area contributed by atoms with Crippen LogP contribution in [0.25, 0.3) is 22.3 Å². The maximum atomic E-state index is 9.71. The summed E-state index contributed by atoms with van der Waals surface area (Å²) >= 11 is 0. The Labute approximate surface area is 177 Å². The van der Waals surface area contributed by atoms with Gasteiger partial charge in [-0.1, -0.05) is 38.1 Å². The van der Waals surface area contributed by atoms with Crippen molar-refractivity contribution in [2.24, 2.45) is 5.92 Å². The molecule has 5 nitrogen and oxygen atoms in total. The smallest absolute Gasteiger partial charge is 0.173 e. The van der Waals surface area contributed by atoms with Gasteiger partial charge in [0.1, 0.15) is 17.2 Å². The lowest BCUT2D eigenvalue weighted by atomic mass is 9.96. The minimum absolute atomic E-state index is 0.188. The van der Waals surface area contributed by atoms with Crippen molar-refractivity contribution in [3.63, 3.8) is 0 Å². The summed E-state index contributed by atoms with van der Waals surface area (Å²) < 4.78 is 17.8. The molecule has 0 aliphatic heterocycles. The van der Waals surface area contributed by atoms with Gasteiger partial charge in [0, 0.05) is 5.56 Å². The molecule has 0 atom stereocenters. The van der Waals surface area contributed by atoms with Gasteiger partial charge >= 0.3 is 0 Å². The molecule has 0 saturated heterocycles. The standard InChI is InChI=1S/C25H28O5/c1-16(2)13-14-30-25-23(18-7-11-20(27)12-8-18)22(28-3)15-21(24(25)29-4)17-5-9-19(26)10-6-17/h5-12,15-16,26-27H,13-14H2,1-4H3. The molecule has 2 N–H and O–H groups in total. The van der Waals surface area contributed by atoms with Gasteiger partial charge < -0.3 is 24.4 Å². The van der Waals surface area contributed by atoms with Crippen molar-refractivity contribution >= 4 is 0 Å². The predicted octanol–water partition coefficient (Wildman–Crippen LogP) is 5.87. The number of rotatable bonds is 8. The molecule has 0 spiro atoms. The van der Waals surface area contributed by atoms with Crippen molar-refractivity contribution < 1.29 is 24.4 Å². The summed E-state index contributed by atoms with van der Waals surface area (Å²) in [5, 5.41) is 19.4. The highest BCUT2D eigenvalue weighted by Gasteiger charge is 2.23. The third-order valence-corrected chi connectivity index (χ3v) is 4.90. The molecule has 3 aromatic carbocycles. The minimum Gasteiger partial charge on any atom is -0.508 e. The van der Waals surface area contributed by atoms with E-state index in [9.17, 15) is 10.2 Å². The summed E-state index contributed by atoms with van der Waals surface area (Å²) in [5.41, 5.74) is 3.28. The van der Waals surface area contributed by atoms with E-state index in [4.69, 9.17) is 14.2 Å². The first-order valence-corrected chi connectivity index (χ1v) is 9.95. The van der Waals surface area contributed by atoms with E-state index in [2.05, 4.69) is 13.8 Å². The average molecular weight is 408 g/mol. The second-order valence-corrected chi connectivity index (χ2v) is 7.49. The molecule has 158 valence electrons. The van der Waals surface area contributed by atoms with Gasteiger partial charge in [0.05, 0.1) is 26.4 Å². The Morgan fingerprint density at radius 1 is 0.767 bits per heavy atom. The SMILES string of the molecule is COc1cc(-c2ccc(O)cc2)c(OC)c(OCCC(C)C)c1-c1ccc(O)cc1. The summed E-state index contributed by atoms with van der Waals surface area (Å²) in [7, 11) is 3.23. The Balaban J connectivity index is 2.23. The van der Waals surface area contributed by atoms with E-state index in [0.717, 1.165) is 28.7 Å². The van der Waals surface area contributed by atoms with Crippen LogP contribution < -0.4 is 14.2 Å². The van der Waals surface area contributed by atoms with Crippen LogP contribution in [0.1, 0.15) is 20.3 Å². The molecule has 0 aliphatic carbocycles. The fourth-order valence-corrected chi connectivity index (χ4v) is 3.27. The Kier molecular flexibility index (Phi) is 6.72. The molecule has 0 heterocycles. The highest BCUT2D eigenvalue weighted by molar-refractivity contribution is 5.88. The van der Waals surface area contributed by atoms with E-state index in [1.54, 1.807) is 38.5 Å². The van der Waals surface area contributed by atoms with E-state index in [1.807, 2.05) is 30.3 Å². The van der Waals surface area contributed by atoms with Crippen molar-refractivity contribution in [1.82, 2.24) is 0 Å². The first kappa shape index (κ1) is 21.4. The Hall–Kier alpha value is -3.34. The second kappa shape index (κ2) is 9.44. The zero-order valence-corrected chi connectivity index (χ0v) is 17.8. The van der Waals surface area contributed by atoms with Gasteiger partial charge in [-0.05, 0) is 53.8 Å². The average Bonchev–Trinajstić information content (AvgIpc) is 2.74. The summed E-state index contributed by atoms with van der Waals surface area (Å²) in [4.78, 5) is 0. The van der Waals surface area contributed by atoms with Crippen LogP contribution in [0.4, 0.5) is 0 Å². The largest absolute Gasteiger partial charge is 0.508 e. The quantitative estimate of drug-likeness (QED) is 0.488. The molecule has 3 aromatic rings. The van der Waals surface area contributed by atoms with E-state index in [-0.39, 0.29) is 11.5 Å². The lowest BCUT2D eigenvalue weighted by molar-refractivity contribution is 0.273. The van der Waals surface area contributed by atoms with Crippen LogP contribution >= 0.6 is 0 Å². The molecule has 0 aliphatic rings. The molecule has 0 radical (unpaired) electrons. The van der Waals surface area contributed by atoms with Gasteiger partial charge in [0.25, 0.3) is 0 Å². The summed E-state index contributed by atoms with van der Waals surface area (Å²) in [6, 6.07) is 15.7. The number of benzene rings is 3. The Morgan fingerprint density at radius 2 is 1.33 bits per heavy atom. The maximum Gasteiger partial charge on any atom is 0.173 e. The van der Waals surface area contributed by atoms with Gasteiger partial charge in [0.2, 0.25) is 0 Å². The van der Waals surface area contributed by atoms with Crippen LogP contribution in [-0.4, -0.2) is 31.0 Å². The molecule has 0 aromatic heterocycles. The van der Waals surface area contributed by atoms with E-state index < -0.39 is 0 Å². The van der Waals surface area contributed by atoms with Crippen molar-refractivity contribution in [2.45, 2.75) is 20.3 Å². The van der Waals surface area contributed by atoms with E-state index >= 15 is 0 Å². The number of phenolic OH excluding ortho intramolecular Hbond substituents is 2. The molecular weight excluding hydrogens is 380 g/mol. The first-order chi connectivity index (χ1) is 14.4. The van der Waals surface area contributed by atoms with Crippen molar-refractivity contribution in [2.75, 3.05) is 20.8 Å². The van der Waals surface area contributed by atoms with Gasteiger partial charge in [0.15, 0.2) is 11.5 Å². The zero-order valence-electron chi connectivity index (χ0n) is 17.8. The lowest BCUT2D eigenvalue weighted by Crippen LogP contribution is -2.06. The molecule has 0 unspecified atom stereocenters. The zero-order chi connectivity index (χ0) is 21.7. The maximum absolute atomic E-state index is 9.71. The fourth-order valence-electron chi connectivity index (χ4n) is 3.27. The monoisotopic (exact) mass is 408 g/mol. The van der Waals surface area contributed by atoms with Crippen molar-refractivity contribution in [3.05, 3.63) is 54.6 Å². The topological polar surface area (TPSA) is 68.2 Å². The predicted molar refractivity (Wildman–Crippen MR) is 119 cm³/mol. The van der Waals surface area contributed by atoms with Gasteiger partial charge in [-0.3, -0.25) is 0 Å². The van der Waals surface area contributed by atoms with Gasteiger partial charge in [-0.15, -0.1) is 0 Å². The lowest BCUT2D eigenvalue weighted by Gasteiger charge is -2.22.